The second-order valence-electron chi connectivity index (χ2n) is 1.89. The molecule has 0 unspecified atom stereocenters. The second-order valence-corrected chi connectivity index (χ2v) is 1.89. The molecule has 10 heavy (non-hydrogen) atoms. The van der Waals surface area contributed by atoms with Gasteiger partial charge in [-0.25, -0.2) is 10.5 Å². The molecule has 1 rings (SSSR count). The molecule has 0 aliphatic carbocycles. The maximum Gasteiger partial charge on any atom is 0.0709 e. The third-order valence-electron chi connectivity index (χ3n) is 1.02. The van der Waals surface area contributed by atoms with E-state index < -0.39 is 0 Å². The Kier molecular flexibility index (Phi) is 2.69. The number of nitrogens with one attached hydrogen (secondary N) is 2. The molecule has 0 spiro atoms. The summed E-state index contributed by atoms with van der Waals surface area (Å²) in [5.74, 6) is 0. The molecule has 0 atom stereocenters. The van der Waals surface area contributed by atoms with Crippen molar-refractivity contribution in [2.45, 2.75) is 13.3 Å². The van der Waals surface area contributed by atoms with Gasteiger partial charge in [0.05, 0.1) is 12.4 Å². The van der Waals surface area contributed by atoms with Crippen molar-refractivity contribution in [1.82, 2.24) is 16.1 Å². The van der Waals surface area contributed by atoms with Crippen molar-refractivity contribution < 1.29 is 0 Å². The predicted octanol–water partition coefficient (Wildman–Crippen LogP) is 0.560. The fraction of sp³-hybridized carbons (Fsp3) is 0.600. The lowest BCUT2D eigenvalue weighted by Gasteiger charge is -2.19. The SMILES string of the molecule is CCCNN1C=CN=NN1. The quantitative estimate of drug-likeness (QED) is 0.603. The van der Waals surface area contributed by atoms with E-state index in [2.05, 4.69) is 28.2 Å². The van der Waals surface area contributed by atoms with Crippen LogP contribution in [0.15, 0.2) is 22.7 Å². The first-order chi connectivity index (χ1) is 4.93. The van der Waals surface area contributed by atoms with Crippen molar-refractivity contribution in [3.8, 4) is 0 Å². The van der Waals surface area contributed by atoms with Crippen LogP contribution in [-0.2, 0) is 0 Å². The summed E-state index contributed by atoms with van der Waals surface area (Å²) in [6, 6.07) is 0. The zero-order valence-electron chi connectivity index (χ0n) is 5.91. The molecule has 0 saturated heterocycles. The van der Waals surface area contributed by atoms with Gasteiger partial charge < -0.3 is 0 Å². The van der Waals surface area contributed by atoms with E-state index >= 15 is 0 Å². The lowest BCUT2D eigenvalue weighted by molar-refractivity contribution is 0.177. The number of hydrogen-bond acceptors (Lipinski definition) is 5. The molecule has 0 aromatic carbocycles. The Bertz CT molecular complexity index is 141. The molecule has 0 radical (unpaired) electrons. The minimum Gasteiger partial charge on any atom is -0.214 e. The summed E-state index contributed by atoms with van der Waals surface area (Å²) < 4.78 is 0. The molecule has 1 aliphatic rings. The van der Waals surface area contributed by atoms with E-state index in [-0.39, 0.29) is 0 Å². The Balaban J connectivity index is 2.17. The molecule has 56 valence electrons. The summed E-state index contributed by atoms with van der Waals surface area (Å²) in [4.78, 5) is 0. The molecule has 5 nitrogen and oxygen atoms in total. The van der Waals surface area contributed by atoms with Gasteiger partial charge in [-0.05, 0) is 6.42 Å². The van der Waals surface area contributed by atoms with Crippen LogP contribution < -0.4 is 11.0 Å². The number of nitrogens with zero attached hydrogens (tertiary/aromatic N) is 3. The van der Waals surface area contributed by atoms with Crippen molar-refractivity contribution in [2.75, 3.05) is 6.54 Å². The highest BCUT2D eigenvalue weighted by atomic mass is 15.8. The minimum atomic E-state index is 0.923. The standard InChI is InChI=1S/C5H11N5/c1-2-3-7-10-5-4-6-8-9-10/h4-5,7H,2-3H2,1H3,(H,6,9). The predicted molar refractivity (Wildman–Crippen MR) is 37.3 cm³/mol. The number of rotatable bonds is 3. The maximum absolute atomic E-state index is 3.59. The molecule has 0 aromatic rings. The first-order valence-corrected chi connectivity index (χ1v) is 3.28. The van der Waals surface area contributed by atoms with Crippen LogP contribution in [0.3, 0.4) is 0 Å². The van der Waals surface area contributed by atoms with Crippen LogP contribution >= 0.6 is 0 Å². The van der Waals surface area contributed by atoms with Gasteiger partial charge >= 0.3 is 0 Å². The summed E-state index contributed by atoms with van der Waals surface area (Å²) in [6.45, 7) is 3.02. The summed E-state index contributed by atoms with van der Waals surface area (Å²) >= 11 is 0. The van der Waals surface area contributed by atoms with Crippen LogP contribution in [-0.4, -0.2) is 11.7 Å². The molecule has 0 amide bonds. The molecular formula is C5H11N5. The first kappa shape index (κ1) is 7.01. The van der Waals surface area contributed by atoms with Crippen molar-refractivity contribution >= 4 is 0 Å². The highest BCUT2D eigenvalue weighted by molar-refractivity contribution is 4.76. The highest BCUT2D eigenvalue weighted by Gasteiger charge is 1.95. The van der Waals surface area contributed by atoms with Gasteiger partial charge in [-0.1, -0.05) is 12.1 Å². The second kappa shape index (κ2) is 3.84. The van der Waals surface area contributed by atoms with E-state index in [4.69, 9.17) is 0 Å². The van der Waals surface area contributed by atoms with Gasteiger partial charge in [-0.3, -0.25) is 0 Å². The Labute approximate surface area is 59.7 Å². The molecule has 0 aromatic heterocycles. The summed E-state index contributed by atoms with van der Waals surface area (Å²) in [7, 11) is 0. The van der Waals surface area contributed by atoms with Crippen LogP contribution in [0.4, 0.5) is 0 Å². The molecule has 1 aliphatic heterocycles. The van der Waals surface area contributed by atoms with Gasteiger partial charge in [-0.2, -0.15) is 5.53 Å². The third-order valence-corrected chi connectivity index (χ3v) is 1.02. The van der Waals surface area contributed by atoms with Gasteiger partial charge in [0.25, 0.3) is 0 Å². The molecule has 0 bridgehead atoms. The largest absolute Gasteiger partial charge is 0.214 e. The topological polar surface area (TPSA) is 52.0 Å². The summed E-state index contributed by atoms with van der Waals surface area (Å²) in [6.07, 6.45) is 4.46. The Morgan fingerprint density at radius 2 is 2.60 bits per heavy atom. The van der Waals surface area contributed by atoms with Crippen LogP contribution in [0, 0.1) is 0 Å². The molecule has 1 heterocycles. The zero-order chi connectivity index (χ0) is 7.23. The minimum absolute atomic E-state index is 0.923. The van der Waals surface area contributed by atoms with E-state index in [1.54, 1.807) is 17.5 Å². The van der Waals surface area contributed by atoms with Crippen molar-refractivity contribution in [3.05, 3.63) is 12.4 Å². The molecule has 2 N–H and O–H groups in total. The van der Waals surface area contributed by atoms with E-state index in [1.165, 1.54) is 0 Å². The fourth-order valence-corrected chi connectivity index (χ4v) is 0.557. The number of hydrogen-bond donors (Lipinski definition) is 2. The van der Waals surface area contributed by atoms with Crippen LogP contribution in [0.2, 0.25) is 0 Å². The van der Waals surface area contributed by atoms with Crippen LogP contribution in [0.25, 0.3) is 0 Å². The zero-order valence-corrected chi connectivity index (χ0v) is 5.91. The van der Waals surface area contributed by atoms with Crippen molar-refractivity contribution in [2.24, 2.45) is 10.3 Å². The summed E-state index contributed by atoms with van der Waals surface area (Å²) in [5, 5.41) is 8.81. The Morgan fingerprint density at radius 3 is 3.20 bits per heavy atom. The fourth-order valence-electron chi connectivity index (χ4n) is 0.557. The van der Waals surface area contributed by atoms with E-state index in [0.29, 0.717) is 0 Å². The van der Waals surface area contributed by atoms with E-state index in [9.17, 15) is 0 Å². The Hall–Kier alpha value is -1.10. The number of hydrazine groups is 2. The smallest absolute Gasteiger partial charge is 0.0709 e. The summed E-state index contributed by atoms with van der Waals surface area (Å²) in [5.41, 5.74) is 5.70. The van der Waals surface area contributed by atoms with Crippen molar-refractivity contribution in [1.29, 1.82) is 0 Å². The van der Waals surface area contributed by atoms with Gasteiger partial charge in [0.1, 0.15) is 0 Å². The van der Waals surface area contributed by atoms with E-state index in [1.807, 2.05) is 0 Å². The van der Waals surface area contributed by atoms with Gasteiger partial charge in [0.15, 0.2) is 0 Å². The molecular weight excluding hydrogens is 130 g/mol. The molecule has 0 fully saturated rings. The first-order valence-electron chi connectivity index (χ1n) is 3.28. The van der Waals surface area contributed by atoms with Crippen LogP contribution in [0.5, 0.6) is 0 Å². The van der Waals surface area contributed by atoms with E-state index in [0.717, 1.165) is 13.0 Å². The lowest BCUT2D eigenvalue weighted by Crippen LogP contribution is -2.42. The highest BCUT2D eigenvalue weighted by Crippen LogP contribution is 1.88. The normalized spacial score (nSPS) is 15.5. The average molecular weight is 141 g/mol. The van der Waals surface area contributed by atoms with Crippen molar-refractivity contribution in [3.63, 3.8) is 0 Å². The third kappa shape index (κ3) is 2.02. The van der Waals surface area contributed by atoms with Crippen LogP contribution in [0.1, 0.15) is 13.3 Å². The monoisotopic (exact) mass is 141 g/mol. The van der Waals surface area contributed by atoms with Gasteiger partial charge in [-0.15, -0.1) is 5.11 Å². The maximum atomic E-state index is 3.59. The van der Waals surface area contributed by atoms with Gasteiger partial charge in [0.2, 0.25) is 0 Å². The molecule has 0 saturated carbocycles. The molecule has 5 heteroatoms. The lowest BCUT2D eigenvalue weighted by atomic mass is 10.5. The average Bonchev–Trinajstić information content (AvgIpc) is 2.03. The Morgan fingerprint density at radius 1 is 1.70 bits per heavy atom. The van der Waals surface area contributed by atoms with Gasteiger partial charge in [0, 0.05) is 6.54 Å².